The number of hydrogen-bond donors (Lipinski definition) is 1. The Morgan fingerprint density at radius 2 is 1.95 bits per heavy atom. The van der Waals surface area contributed by atoms with E-state index in [1.807, 2.05) is 18.2 Å². The summed E-state index contributed by atoms with van der Waals surface area (Å²) in [7, 11) is 0. The maximum atomic E-state index is 12.6. The molecular weight excluding hydrogens is 281 g/mol. The molecule has 7 heteroatoms. The van der Waals surface area contributed by atoms with Crippen molar-refractivity contribution in [2.45, 2.75) is 12.7 Å². The number of alkyl halides is 3. The summed E-state index contributed by atoms with van der Waals surface area (Å²) < 4.78 is 39.0. The molecule has 0 amide bonds. The van der Waals surface area contributed by atoms with Crippen molar-refractivity contribution in [2.75, 3.05) is 0 Å². The molecule has 2 aromatic heterocycles. The minimum absolute atomic E-state index is 0.267. The number of rotatable bonds is 2. The van der Waals surface area contributed by atoms with Gasteiger partial charge in [-0.3, -0.25) is 0 Å². The summed E-state index contributed by atoms with van der Waals surface area (Å²) in [5.74, 6) is 0.310. The number of hydrogen-bond acceptors (Lipinski definition) is 3. The van der Waals surface area contributed by atoms with Gasteiger partial charge in [0.2, 0.25) is 0 Å². The molecule has 0 aliphatic heterocycles. The summed E-state index contributed by atoms with van der Waals surface area (Å²) in [6.45, 7) is 0.267. The topological polar surface area (TPSA) is 56.7 Å². The zero-order valence-electron chi connectivity index (χ0n) is 10.8. The van der Waals surface area contributed by atoms with E-state index in [0.29, 0.717) is 11.3 Å². The third kappa shape index (κ3) is 2.47. The second kappa shape index (κ2) is 4.85. The fourth-order valence-electron chi connectivity index (χ4n) is 2.11. The van der Waals surface area contributed by atoms with E-state index in [1.165, 1.54) is 0 Å². The number of nitrogens with two attached hydrogens (primary N) is 1. The Hall–Kier alpha value is -2.41. The molecular formula is C14H11F3N4. The monoisotopic (exact) mass is 292 g/mol. The van der Waals surface area contributed by atoms with Gasteiger partial charge in [0.05, 0.1) is 17.3 Å². The number of para-hydroxylation sites is 1. The zero-order chi connectivity index (χ0) is 15.0. The maximum absolute atomic E-state index is 12.6. The Kier molecular flexibility index (Phi) is 3.13. The zero-order valence-corrected chi connectivity index (χ0v) is 10.8. The van der Waals surface area contributed by atoms with E-state index in [1.54, 1.807) is 12.1 Å². The van der Waals surface area contributed by atoms with E-state index < -0.39 is 11.7 Å². The maximum Gasteiger partial charge on any atom is 0.419 e. The predicted molar refractivity (Wildman–Crippen MR) is 71.8 cm³/mol. The highest BCUT2D eigenvalue weighted by atomic mass is 19.4. The molecule has 108 valence electrons. The van der Waals surface area contributed by atoms with Crippen molar-refractivity contribution in [3.05, 3.63) is 53.9 Å². The highest BCUT2D eigenvalue weighted by molar-refractivity contribution is 5.83. The van der Waals surface area contributed by atoms with Crippen molar-refractivity contribution in [3.63, 3.8) is 0 Å². The Morgan fingerprint density at radius 3 is 2.62 bits per heavy atom. The molecule has 4 nitrogen and oxygen atoms in total. The summed E-state index contributed by atoms with van der Waals surface area (Å²) >= 11 is 0. The fraction of sp³-hybridized carbons (Fsp3) is 0.143. The van der Waals surface area contributed by atoms with E-state index >= 15 is 0 Å². The van der Waals surface area contributed by atoms with Gasteiger partial charge in [-0.15, -0.1) is 0 Å². The van der Waals surface area contributed by atoms with Crippen molar-refractivity contribution in [1.82, 2.24) is 14.8 Å². The van der Waals surface area contributed by atoms with Crippen molar-refractivity contribution in [3.8, 4) is 5.82 Å². The van der Waals surface area contributed by atoms with E-state index in [2.05, 4.69) is 10.1 Å². The SMILES string of the molecule is NCc1cc(-n2cc(C(F)(F)F)cn2)nc2ccccc12. The van der Waals surface area contributed by atoms with Gasteiger partial charge in [-0.05, 0) is 17.7 Å². The molecule has 3 aromatic rings. The van der Waals surface area contributed by atoms with Gasteiger partial charge < -0.3 is 5.73 Å². The number of nitrogens with zero attached hydrogens (tertiary/aromatic N) is 3. The average molecular weight is 292 g/mol. The van der Waals surface area contributed by atoms with Crippen LogP contribution in [0.5, 0.6) is 0 Å². The average Bonchev–Trinajstić information content (AvgIpc) is 2.96. The summed E-state index contributed by atoms with van der Waals surface area (Å²) in [4.78, 5) is 4.33. The van der Waals surface area contributed by atoms with Crippen LogP contribution in [0.15, 0.2) is 42.7 Å². The molecule has 0 saturated heterocycles. The first kappa shape index (κ1) is 13.6. The molecule has 21 heavy (non-hydrogen) atoms. The molecule has 0 unspecified atom stereocenters. The Morgan fingerprint density at radius 1 is 1.19 bits per heavy atom. The van der Waals surface area contributed by atoms with Gasteiger partial charge >= 0.3 is 6.18 Å². The van der Waals surface area contributed by atoms with E-state index in [9.17, 15) is 13.2 Å². The van der Waals surface area contributed by atoms with Gasteiger partial charge in [-0.2, -0.15) is 18.3 Å². The predicted octanol–water partition coefficient (Wildman–Crippen LogP) is 2.90. The third-order valence-corrected chi connectivity index (χ3v) is 3.15. The van der Waals surface area contributed by atoms with Crippen molar-refractivity contribution in [2.24, 2.45) is 5.73 Å². The number of halogens is 3. The highest BCUT2D eigenvalue weighted by Gasteiger charge is 2.32. The molecule has 2 N–H and O–H groups in total. The molecule has 0 spiro atoms. The van der Waals surface area contributed by atoms with Crippen LogP contribution in [0.25, 0.3) is 16.7 Å². The van der Waals surface area contributed by atoms with Crippen LogP contribution in [0.3, 0.4) is 0 Å². The summed E-state index contributed by atoms with van der Waals surface area (Å²) in [6.07, 6.45) is -2.73. The van der Waals surface area contributed by atoms with Gasteiger partial charge in [-0.25, -0.2) is 9.67 Å². The Labute approximate surface area is 118 Å². The summed E-state index contributed by atoms with van der Waals surface area (Å²) in [5.41, 5.74) is 6.36. The minimum atomic E-state index is -4.42. The largest absolute Gasteiger partial charge is 0.419 e. The summed E-state index contributed by atoms with van der Waals surface area (Å²) in [5, 5.41) is 4.61. The van der Waals surface area contributed by atoms with Gasteiger partial charge in [-0.1, -0.05) is 18.2 Å². The standard InChI is InChI=1S/C14H11F3N4/c15-14(16,17)10-7-19-21(8-10)13-5-9(6-18)11-3-1-2-4-12(11)20-13/h1-5,7-8H,6,18H2. The second-order valence-corrected chi connectivity index (χ2v) is 4.53. The van der Waals surface area contributed by atoms with Gasteiger partial charge in [0, 0.05) is 18.1 Å². The van der Waals surface area contributed by atoms with Crippen molar-refractivity contribution in [1.29, 1.82) is 0 Å². The lowest BCUT2D eigenvalue weighted by molar-refractivity contribution is -0.137. The molecule has 2 heterocycles. The van der Waals surface area contributed by atoms with Crippen LogP contribution in [0.4, 0.5) is 13.2 Å². The van der Waals surface area contributed by atoms with E-state index in [4.69, 9.17) is 5.73 Å². The van der Waals surface area contributed by atoms with E-state index in [-0.39, 0.29) is 6.54 Å². The molecule has 0 atom stereocenters. The van der Waals surface area contributed by atoms with Crippen LogP contribution < -0.4 is 5.73 Å². The lowest BCUT2D eigenvalue weighted by Crippen LogP contribution is -2.05. The smallest absolute Gasteiger partial charge is 0.326 e. The Bertz CT molecular complexity index is 792. The first-order valence-corrected chi connectivity index (χ1v) is 6.20. The first-order chi connectivity index (χ1) is 9.99. The molecule has 1 aromatic carbocycles. The third-order valence-electron chi connectivity index (χ3n) is 3.15. The van der Waals surface area contributed by atoms with E-state index in [0.717, 1.165) is 28.0 Å². The molecule has 0 aliphatic rings. The highest BCUT2D eigenvalue weighted by Crippen LogP contribution is 2.29. The van der Waals surface area contributed by atoms with Crippen LogP contribution in [0.1, 0.15) is 11.1 Å². The first-order valence-electron chi connectivity index (χ1n) is 6.20. The number of aromatic nitrogens is 3. The molecule has 0 bridgehead atoms. The second-order valence-electron chi connectivity index (χ2n) is 4.53. The number of fused-ring (bicyclic) bond motifs is 1. The Balaban J connectivity index is 2.14. The van der Waals surface area contributed by atoms with Crippen LogP contribution in [0, 0.1) is 0 Å². The van der Waals surface area contributed by atoms with Crippen molar-refractivity contribution >= 4 is 10.9 Å². The van der Waals surface area contributed by atoms with Gasteiger partial charge in [0.1, 0.15) is 0 Å². The molecule has 0 aliphatic carbocycles. The number of pyridine rings is 1. The van der Waals surface area contributed by atoms with Gasteiger partial charge in [0.15, 0.2) is 5.82 Å². The molecule has 3 rings (SSSR count). The van der Waals surface area contributed by atoms with Crippen molar-refractivity contribution < 1.29 is 13.2 Å². The van der Waals surface area contributed by atoms with Crippen LogP contribution in [-0.4, -0.2) is 14.8 Å². The quantitative estimate of drug-likeness (QED) is 0.790. The van der Waals surface area contributed by atoms with Crippen LogP contribution in [0.2, 0.25) is 0 Å². The lowest BCUT2D eigenvalue weighted by atomic mass is 10.1. The fourth-order valence-corrected chi connectivity index (χ4v) is 2.11. The normalized spacial score (nSPS) is 12.0. The lowest BCUT2D eigenvalue weighted by Gasteiger charge is -2.08. The molecule has 0 radical (unpaired) electrons. The van der Waals surface area contributed by atoms with Crippen LogP contribution >= 0.6 is 0 Å². The molecule has 0 saturated carbocycles. The summed E-state index contributed by atoms with van der Waals surface area (Å²) in [6, 6.07) is 8.97. The number of benzene rings is 1. The minimum Gasteiger partial charge on any atom is -0.326 e. The van der Waals surface area contributed by atoms with Crippen LogP contribution in [-0.2, 0) is 12.7 Å². The molecule has 0 fully saturated rings. The van der Waals surface area contributed by atoms with Gasteiger partial charge in [0.25, 0.3) is 0 Å².